The zero-order chi connectivity index (χ0) is 16.7. The molecule has 1 saturated heterocycles. The van der Waals surface area contributed by atoms with Gasteiger partial charge >= 0.3 is 6.03 Å². The van der Waals surface area contributed by atoms with Gasteiger partial charge in [0.1, 0.15) is 11.6 Å². The minimum atomic E-state index is -0.346. The summed E-state index contributed by atoms with van der Waals surface area (Å²) in [4.78, 5) is 27.3. The van der Waals surface area contributed by atoms with Crippen molar-refractivity contribution in [3.8, 4) is 5.75 Å². The molecule has 1 heterocycles. The molecule has 0 aliphatic carbocycles. The van der Waals surface area contributed by atoms with E-state index in [0.29, 0.717) is 38.5 Å². The van der Waals surface area contributed by atoms with Crippen LogP contribution < -0.4 is 10.1 Å². The minimum absolute atomic E-state index is 0.0819. The fraction of sp³-hybridized carbons (Fsp3) is 0.500. The molecule has 1 aliphatic rings. The second-order valence-corrected chi connectivity index (χ2v) is 5.34. The van der Waals surface area contributed by atoms with Crippen molar-refractivity contribution in [2.24, 2.45) is 0 Å². The van der Waals surface area contributed by atoms with Crippen LogP contribution in [0.5, 0.6) is 5.75 Å². The molecule has 0 aromatic heterocycles. The highest BCUT2D eigenvalue weighted by Gasteiger charge is 2.24. The lowest BCUT2D eigenvalue weighted by Crippen LogP contribution is -2.54. The molecule has 7 heteroatoms. The van der Waals surface area contributed by atoms with Crippen molar-refractivity contribution in [1.82, 2.24) is 15.1 Å². The number of carbonyl (C=O) groups is 2. The maximum atomic E-state index is 12.8. The third-order valence-electron chi connectivity index (χ3n) is 3.62. The lowest BCUT2D eigenvalue weighted by atomic mass is 10.3. The van der Waals surface area contributed by atoms with Crippen LogP contribution in [0, 0.1) is 5.82 Å². The summed E-state index contributed by atoms with van der Waals surface area (Å²) in [6, 6.07) is 5.46. The number of hydrogen-bond donors (Lipinski definition) is 1. The predicted octanol–water partition coefficient (Wildman–Crippen LogP) is 1.47. The Morgan fingerprint density at radius 2 is 1.74 bits per heavy atom. The molecule has 0 radical (unpaired) electrons. The van der Waals surface area contributed by atoms with Crippen molar-refractivity contribution in [3.63, 3.8) is 0 Å². The molecule has 1 aromatic carbocycles. The smallest absolute Gasteiger partial charge is 0.317 e. The first-order valence-electron chi connectivity index (χ1n) is 7.79. The topological polar surface area (TPSA) is 61.9 Å². The van der Waals surface area contributed by atoms with Crippen LogP contribution in [0.2, 0.25) is 0 Å². The number of urea groups is 1. The van der Waals surface area contributed by atoms with E-state index in [1.54, 1.807) is 9.80 Å². The molecular formula is C16H22FN3O3. The summed E-state index contributed by atoms with van der Waals surface area (Å²) >= 11 is 0. The molecule has 0 saturated carbocycles. The van der Waals surface area contributed by atoms with Crippen molar-refractivity contribution in [3.05, 3.63) is 30.1 Å². The molecule has 0 bridgehead atoms. The molecule has 23 heavy (non-hydrogen) atoms. The Hall–Kier alpha value is -2.31. The van der Waals surface area contributed by atoms with E-state index in [0.717, 1.165) is 6.42 Å². The molecular weight excluding hydrogens is 301 g/mol. The van der Waals surface area contributed by atoms with E-state index in [1.807, 2.05) is 6.92 Å². The number of amides is 3. The highest BCUT2D eigenvalue weighted by molar-refractivity contribution is 5.78. The number of benzene rings is 1. The minimum Gasteiger partial charge on any atom is -0.484 e. The number of hydrogen-bond acceptors (Lipinski definition) is 3. The van der Waals surface area contributed by atoms with E-state index in [2.05, 4.69) is 5.32 Å². The molecule has 1 N–H and O–H groups in total. The maximum Gasteiger partial charge on any atom is 0.317 e. The van der Waals surface area contributed by atoms with E-state index >= 15 is 0 Å². The summed E-state index contributed by atoms with van der Waals surface area (Å²) in [5.74, 6) is -0.0265. The van der Waals surface area contributed by atoms with Crippen LogP contribution in [-0.4, -0.2) is 61.1 Å². The van der Waals surface area contributed by atoms with Gasteiger partial charge in [-0.15, -0.1) is 0 Å². The van der Waals surface area contributed by atoms with Gasteiger partial charge < -0.3 is 19.9 Å². The van der Waals surface area contributed by atoms with E-state index in [9.17, 15) is 14.0 Å². The first kappa shape index (κ1) is 17.1. The van der Waals surface area contributed by atoms with Gasteiger partial charge in [0.05, 0.1) is 0 Å². The van der Waals surface area contributed by atoms with Crippen LogP contribution in [0.3, 0.4) is 0 Å². The molecule has 2 rings (SSSR count). The highest BCUT2D eigenvalue weighted by Crippen LogP contribution is 2.11. The molecule has 126 valence electrons. The van der Waals surface area contributed by atoms with Gasteiger partial charge in [-0.2, -0.15) is 0 Å². The fourth-order valence-corrected chi connectivity index (χ4v) is 2.27. The van der Waals surface area contributed by atoms with Crippen molar-refractivity contribution in [1.29, 1.82) is 0 Å². The van der Waals surface area contributed by atoms with Crippen LogP contribution in [-0.2, 0) is 4.79 Å². The Labute approximate surface area is 135 Å². The Kier molecular flexibility index (Phi) is 6.19. The van der Waals surface area contributed by atoms with Gasteiger partial charge in [0.15, 0.2) is 6.61 Å². The van der Waals surface area contributed by atoms with E-state index in [-0.39, 0.29) is 24.4 Å². The van der Waals surface area contributed by atoms with E-state index < -0.39 is 0 Å². The summed E-state index contributed by atoms with van der Waals surface area (Å²) < 4.78 is 18.1. The molecule has 6 nitrogen and oxygen atoms in total. The molecule has 0 unspecified atom stereocenters. The van der Waals surface area contributed by atoms with Gasteiger partial charge in [0.2, 0.25) is 0 Å². The van der Waals surface area contributed by atoms with Gasteiger partial charge in [-0.3, -0.25) is 4.79 Å². The zero-order valence-electron chi connectivity index (χ0n) is 13.3. The molecule has 0 spiro atoms. The number of rotatable bonds is 5. The average Bonchev–Trinajstić information content (AvgIpc) is 2.59. The Balaban J connectivity index is 1.73. The standard InChI is InChI=1S/C16H22FN3O3/c1-2-7-18-16(22)20-10-8-19(9-11-20)15(21)12-23-14-5-3-13(17)4-6-14/h3-6H,2,7-12H2,1H3,(H,18,22). The van der Waals surface area contributed by atoms with Crippen LogP contribution in [0.4, 0.5) is 9.18 Å². The normalized spacial score (nSPS) is 14.5. The summed E-state index contributed by atoms with van der Waals surface area (Å²) in [7, 11) is 0. The quantitative estimate of drug-likeness (QED) is 0.892. The molecule has 3 amide bonds. The number of carbonyl (C=O) groups excluding carboxylic acids is 2. The number of halogens is 1. The van der Waals surface area contributed by atoms with Crippen molar-refractivity contribution in [2.75, 3.05) is 39.3 Å². The SMILES string of the molecule is CCCNC(=O)N1CCN(C(=O)COc2ccc(F)cc2)CC1. The summed E-state index contributed by atoms with van der Waals surface area (Å²) in [6.45, 7) is 4.57. The number of ether oxygens (including phenoxy) is 1. The van der Waals surface area contributed by atoms with Gasteiger partial charge in [0.25, 0.3) is 5.91 Å². The molecule has 1 aromatic rings. The summed E-state index contributed by atoms with van der Waals surface area (Å²) in [5, 5.41) is 2.83. The Bertz CT molecular complexity index is 528. The zero-order valence-corrected chi connectivity index (χ0v) is 13.3. The second-order valence-electron chi connectivity index (χ2n) is 5.34. The van der Waals surface area contributed by atoms with Crippen molar-refractivity contribution >= 4 is 11.9 Å². The summed E-state index contributed by atoms with van der Waals surface area (Å²) in [6.07, 6.45) is 0.894. The van der Waals surface area contributed by atoms with Crippen LogP contribution in [0.15, 0.2) is 24.3 Å². The first-order valence-corrected chi connectivity index (χ1v) is 7.79. The lowest BCUT2D eigenvalue weighted by Gasteiger charge is -2.34. The molecule has 1 aliphatic heterocycles. The van der Waals surface area contributed by atoms with Crippen LogP contribution in [0.25, 0.3) is 0 Å². The monoisotopic (exact) mass is 323 g/mol. The predicted molar refractivity (Wildman–Crippen MR) is 83.7 cm³/mol. The second kappa shape index (κ2) is 8.36. The van der Waals surface area contributed by atoms with E-state index in [1.165, 1.54) is 24.3 Å². The van der Waals surface area contributed by atoms with Gasteiger partial charge in [-0.1, -0.05) is 6.92 Å². The Morgan fingerprint density at radius 1 is 1.13 bits per heavy atom. The number of nitrogens with zero attached hydrogens (tertiary/aromatic N) is 2. The third kappa shape index (κ3) is 5.12. The molecule has 0 atom stereocenters. The first-order chi connectivity index (χ1) is 11.1. The van der Waals surface area contributed by atoms with Crippen LogP contribution >= 0.6 is 0 Å². The van der Waals surface area contributed by atoms with Crippen molar-refractivity contribution in [2.45, 2.75) is 13.3 Å². The number of piperazine rings is 1. The third-order valence-corrected chi connectivity index (χ3v) is 3.62. The average molecular weight is 323 g/mol. The lowest BCUT2D eigenvalue weighted by molar-refractivity contribution is -0.134. The fourth-order valence-electron chi connectivity index (χ4n) is 2.27. The molecule has 1 fully saturated rings. The van der Waals surface area contributed by atoms with E-state index in [4.69, 9.17) is 4.74 Å². The van der Waals surface area contributed by atoms with Gasteiger partial charge in [-0.05, 0) is 30.7 Å². The Morgan fingerprint density at radius 3 is 2.35 bits per heavy atom. The maximum absolute atomic E-state index is 12.8. The van der Waals surface area contributed by atoms with Gasteiger partial charge in [-0.25, -0.2) is 9.18 Å². The largest absolute Gasteiger partial charge is 0.484 e. The van der Waals surface area contributed by atoms with Gasteiger partial charge in [0, 0.05) is 32.7 Å². The summed E-state index contributed by atoms with van der Waals surface area (Å²) in [5.41, 5.74) is 0. The van der Waals surface area contributed by atoms with Crippen molar-refractivity contribution < 1.29 is 18.7 Å². The van der Waals surface area contributed by atoms with Crippen LogP contribution in [0.1, 0.15) is 13.3 Å². The highest BCUT2D eigenvalue weighted by atomic mass is 19.1. The number of nitrogens with one attached hydrogen (secondary N) is 1.